The van der Waals surface area contributed by atoms with Gasteiger partial charge in [-0.3, -0.25) is 0 Å². The van der Waals surface area contributed by atoms with E-state index in [0.29, 0.717) is 6.42 Å². The minimum Gasteiger partial charge on any atom is -0.549 e. The van der Waals surface area contributed by atoms with Crippen molar-refractivity contribution >= 4 is 5.97 Å². The number of rotatable bonds is 4. The predicted octanol–water partition coefficient (Wildman–Crippen LogP) is 3.20. The molecule has 0 aliphatic heterocycles. The zero-order chi connectivity index (χ0) is 16.0. The lowest BCUT2D eigenvalue weighted by Gasteiger charge is -2.23. The molecule has 2 nitrogen and oxygen atoms in total. The summed E-state index contributed by atoms with van der Waals surface area (Å²) < 4.78 is 0. The fourth-order valence-corrected chi connectivity index (χ4v) is 3.72. The number of aliphatic carboxylic acids is 1. The molecule has 1 aliphatic rings. The van der Waals surface area contributed by atoms with Gasteiger partial charge in [0.2, 0.25) is 0 Å². The largest absolute Gasteiger partial charge is 0.549 e. The molecule has 0 heterocycles. The molecule has 2 unspecified atom stereocenters. The summed E-state index contributed by atoms with van der Waals surface area (Å²) in [6.45, 7) is 12.2. The molecule has 21 heavy (non-hydrogen) atoms. The Morgan fingerprint density at radius 2 is 1.90 bits per heavy atom. The van der Waals surface area contributed by atoms with Gasteiger partial charge in [0, 0.05) is 11.4 Å². The van der Waals surface area contributed by atoms with Crippen LogP contribution in [0.15, 0.2) is 29.8 Å². The maximum Gasteiger partial charge on any atom is 0.0491 e. The quantitative estimate of drug-likeness (QED) is 0.797. The molecule has 0 bridgehead atoms. The first-order valence-electron chi connectivity index (χ1n) is 7.55. The number of benzene rings is 1. The molecule has 1 aromatic rings. The summed E-state index contributed by atoms with van der Waals surface area (Å²) in [6, 6.07) is 6.23. The zero-order valence-electron chi connectivity index (χ0n) is 13.9. The van der Waals surface area contributed by atoms with Gasteiger partial charge in [-0.1, -0.05) is 49.3 Å². The fourth-order valence-electron chi connectivity index (χ4n) is 3.72. The van der Waals surface area contributed by atoms with Crippen molar-refractivity contribution in [2.45, 2.75) is 48.0 Å². The van der Waals surface area contributed by atoms with Gasteiger partial charge in [0.1, 0.15) is 0 Å². The van der Waals surface area contributed by atoms with E-state index in [1.165, 1.54) is 5.56 Å². The fraction of sp³-hybridized carbons (Fsp3) is 0.526. The number of carboxylic acids is 1. The number of carbonyl (C=O) groups excluding carboxylic acids is 1. The number of hydrogen-bond acceptors (Lipinski definition) is 2. The van der Waals surface area contributed by atoms with Crippen LogP contribution in [-0.4, -0.2) is 5.97 Å². The summed E-state index contributed by atoms with van der Waals surface area (Å²) in [5, 5.41) is 11.9. The second kappa shape index (κ2) is 5.01. The van der Waals surface area contributed by atoms with Gasteiger partial charge in [-0.05, 0) is 56.6 Å². The van der Waals surface area contributed by atoms with Crippen molar-refractivity contribution in [2.75, 3.05) is 0 Å². The molecule has 114 valence electrons. The van der Waals surface area contributed by atoms with Gasteiger partial charge in [0.15, 0.2) is 0 Å². The molecule has 1 aromatic carbocycles. The maximum atomic E-state index is 11.9. The highest BCUT2D eigenvalue weighted by molar-refractivity contribution is 5.80. The van der Waals surface area contributed by atoms with Crippen molar-refractivity contribution in [3.8, 4) is 0 Å². The molecular formula is C19H25O2-. The van der Waals surface area contributed by atoms with Crippen molar-refractivity contribution < 1.29 is 9.90 Å². The average Bonchev–Trinajstić information content (AvgIpc) is 2.79. The van der Waals surface area contributed by atoms with Gasteiger partial charge in [0.25, 0.3) is 0 Å². The smallest absolute Gasteiger partial charge is 0.0491 e. The lowest BCUT2D eigenvalue weighted by molar-refractivity contribution is -0.315. The Hall–Kier alpha value is -1.57. The molecule has 2 atom stereocenters. The van der Waals surface area contributed by atoms with Crippen LogP contribution in [0.25, 0.3) is 0 Å². The highest BCUT2D eigenvalue weighted by atomic mass is 16.4. The van der Waals surface area contributed by atoms with E-state index in [0.717, 1.165) is 16.7 Å². The molecule has 0 aromatic heterocycles. The van der Waals surface area contributed by atoms with Gasteiger partial charge < -0.3 is 9.90 Å². The molecule has 1 saturated carbocycles. The summed E-state index contributed by atoms with van der Waals surface area (Å²) >= 11 is 0. The van der Waals surface area contributed by atoms with Crippen LogP contribution in [-0.2, 0) is 11.2 Å². The lowest BCUT2D eigenvalue weighted by Crippen LogP contribution is -2.38. The number of hydrogen-bond donors (Lipinski definition) is 0. The average molecular weight is 285 g/mol. The van der Waals surface area contributed by atoms with E-state index < -0.39 is 11.4 Å². The van der Waals surface area contributed by atoms with E-state index in [1.54, 1.807) is 0 Å². The monoisotopic (exact) mass is 285 g/mol. The minimum atomic E-state index is -0.921. The van der Waals surface area contributed by atoms with Gasteiger partial charge in [-0.25, -0.2) is 0 Å². The first-order chi connectivity index (χ1) is 9.62. The topological polar surface area (TPSA) is 40.1 Å². The number of allylic oxidation sites excluding steroid dienone is 2. The summed E-state index contributed by atoms with van der Waals surface area (Å²) in [7, 11) is 0. The van der Waals surface area contributed by atoms with E-state index in [4.69, 9.17) is 0 Å². The number of aryl methyl sites for hydroxylation is 2. The standard InChI is InChI=1S/C19H26O2/c1-12(2)9-16-18(5,6)19(16,17(20)21)11-15-8-7-13(3)10-14(15)4/h7-10,16H,11H2,1-6H3,(H,20,21)/p-1. The molecule has 0 radical (unpaired) electrons. The van der Waals surface area contributed by atoms with Gasteiger partial charge in [0.05, 0.1) is 0 Å². The van der Waals surface area contributed by atoms with Crippen LogP contribution in [0.5, 0.6) is 0 Å². The second-order valence-electron chi connectivity index (χ2n) is 7.31. The summed E-state index contributed by atoms with van der Waals surface area (Å²) in [5.41, 5.74) is 3.59. The molecule has 2 rings (SSSR count). The molecule has 0 saturated heterocycles. The van der Waals surface area contributed by atoms with E-state index in [-0.39, 0.29) is 11.3 Å². The summed E-state index contributed by atoms with van der Waals surface area (Å²) in [4.78, 5) is 11.9. The molecule has 1 aliphatic carbocycles. The van der Waals surface area contributed by atoms with Crippen molar-refractivity contribution in [2.24, 2.45) is 16.7 Å². The van der Waals surface area contributed by atoms with Crippen LogP contribution in [0.3, 0.4) is 0 Å². The van der Waals surface area contributed by atoms with Gasteiger partial charge >= 0.3 is 0 Å². The van der Waals surface area contributed by atoms with Gasteiger partial charge in [-0.2, -0.15) is 0 Å². The first-order valence-corrected chi connectivity index (χ1v) is 7.55. The van der Waals surface area contributed by atoms with E-state index >= 15 is 0 Å². The Kier molecular flexibility index (Phi) is 3.77. The molecule has 0 spiro atoms. The van der Waals surface area contributed by atoms with Crippen molar-refractivity contribution in [1.29, 1.82) is 0 Å². The minimum absolute atomic E-state index is 0.0423. The summed E-state index contributed by atoms with van der Waals surface area (Å²) in [6.07, 6.45) is 2.64. The van der Waals surface area contributed by atoms with Crippen LogP contribution in [0.2, 0.25) is 0 Å². The Labute approximate surface area is 127 Å². The SMILES string of the molecule is CC(C)=CC1C(C)(C)C1(Cc1ccc(C)cc1C)C(=O)[O-]. The highest BCUT2D eigenvalue weighted by Gasteiger charge is 2.70. The van der Waals surface area contributed by atoms with Crippen LogP contribution in [0.4, 0.5) is 0 Å². The van der Waals surface area contributed by atoms with E-state index in [1.807, 2.05) is 27.7 Å². The Morgan fingerprint density at radius 3 is 2.38 bits per heavy atom. The zero-order valence-corrected chi connectivity index (χ0v) is 13.9. The molecule has 2 heteroatoms. The van der Waals surface area contributed by atoms with Crippen LogP contribution < -0.4 is 5.11 Å². The summed E-state index contributed by atoms with van der Waals surface area (Å²) in [5.74, 6) is -0.879. The lowest BCUT2D eigenvalue weighted by atomic mass is 9.86. The van der Waals surface area contributed by atoms with Crippen LogP contribution in [0, 0.1) is 30.6 Å². The maximum absolute atomic E-state index is 11.9. The third-order valence-electron chi connectivity index (χ3n) is 5.21. The van der Waals surface area contributed by atoms with Crippen molar-refractivity contribution in [3.63, 3.8) is 0 Å². The van der Waals surface area contributed by atoms with Gasteiger partial charge in [-0.15, -0.1) is 0 Å². The number of carbonyl (C=O) groups is 1. The Morgan fingerprint density at radius 1 is 1.29 bits per heavy atom. The third kappa shape index (κ3) is 2.41. The third-order valence-corrected chi connectivity index (χ3v) is 5.21. The van der Waals surface area contributed by atoms with Crippen molar-refractivity contribution in [1.82, 2.24) is 0 Å². The van der Waals surface area contributed by atoms with Crippen LogP contribution >= 0.6 is 0 Å². The van der Waals surface area contributed by atoms with E-state index in [9.17, 15) is 9.90 Å². The highest BCUT2D eigenvalue weighted by Crippen LogP contribution is 2.70. The first kappa shape index (κ1) is 15.8. The number of carboxylic acid groups (broad SMARTS) is 1. The normalized spacial score (nSPS) is 26.3. The van der Waals surface area contributed by atoms with Crippen LogP contribution in [0.1, 0.15) is 44.4 Å². The molecule has 0 N–H and O–H groups in total. The Balaban J connectivity index is 2.42. The Bertz CT molecular complexity index is 606. The molecular weight excluding hydrogens is 260 g/mol. The van der Waals surface area contributed by atoms with E-state index in [2.05, 4.69) is 38.1 Å². The van der Waals surface area contributed by atoms with Crippen molar-refractivity contribution in [3.05, 3.63) is 46.5 Å². The predicted molar refractivity (Wildman–Crippen MR) is 83.8 cm³/mol. The molecule has 0 amide bonds. The molecule has 1 fully saturated rings. The second-order valence-corrected chi connectivity index (χ2v) is 7.31.